The minimum atomic E-state index is 0.163. The molecule has 2 atom stereocenters. The third-order valence-corrected chi connectivity index (χ3v) is 5.56. The Balaban J connectivity index is 1.82. The van der Waals surface area contributed by atoms with Crippen molar-refractivity contribution < 1.29 is 0 Å². The van der Waals surface area contributed by atoms with Crippen LogP contribution in [0, 0.1) is 12.8 Å². The van der Waals surface area contributed by atoms with E-state index in [1.807, 2.05) is 0 Å². The minimum absolute atomic E-state index is 0.163. The van der Waals surface area contributed by atoms with E-state index in [9.17, 15) is 0 Å². The Bertz CT molecular complexity index is 553. The lowest BCUT2D eigenvalue weighted by Crippen LogP contribution is -2.24. The highest BCUT2D eigenvalue weighted by Gasteiger charge is 2.25. The summed E-state index contributed by atoms with van der Waals surface area (Å²) in [6.07, 6.45) is 9.32. The molecule has 3 rings (SSSR count). The van der Waals surface area contributed by atoms with Gasteiger partial charge in [-0.25, -0.2) is 0 Å². The van der Waals surface area contributed by atoms with Crippen LogP contribution in [0.15, 0.2) is 29.8 Å². The normalized spacial score (nSPS) is 24.7. The first-order valence-electron chi connectivity index (χ1n) is 8.80. The van der Waals surface area contributed by atoms with Crippen LogP contribution in [-0.4, -0.2) is 24.5 Å². The molecule has 1 heterocycles. The molecule has 1 aromatic rings. The standard InChI is InChI=1S/C20H30N2/c1-14-8-9-17(11-18(14)10-16-6-4-5-7-16)20-12-19(15(2)21)13-22(20)3/h8-9,11-12,15-16,20H,4-7,10,13,21H2,1-3H3. The number of rotatable bonds is 4. The van der Waals surface area contributed by atoms with Gasteiger partial charge >= 0.3 is 0 Å². The lowest BCUT2D eigenvalue weighted by atomic mass is 9.92. The summed E-state index contributed by atoms with van der Waals surface area (Å²) in [7, 11) is 2.20. The molecule has 0 radical (unpaired) electrons. The smallest absolute Gasteiger partial charge is 0.0535 e. The maximum absolute atomic E-state index is 6.07. The zero-order valence-electron chi connectivity index (χ0n) is 14.3. The quantitative estimate of drug-likeness (QED) is 0.852. The SMILES string of the molecule is Cc1ccc(C2C=C(C(C)N)CN2C)cc1CC1CCCC1. The summed E-state index contributed by atoms with van der Waals surface area (Å²) in [5.41, 5.74) is 11.9. The molecule has 22 heavy (non-hydrogen) atoms. The van der Waals surface area contributed by atoms with Crippen LogP contribution in [0.25, 0.3) is 0 Å². The van der Waals surface area contributed by atoms with E-state index in [1.54, 1.807) is 5.56 Å². The minimum Gasteiger partial charge on any atom is -0.324 e. The average molecular weight is 298 g/mol. The van der Waals surface area contributed by atoms with Gasteiger partial charge in [-0.15, -0.1) is 0 Å². The Labute approximate surface area is 135 Å². The lowest BCUT2D eigenvalue weighted by Gasteiger charge is -2.21. The first-order valence-corrected chi connectivity index (χ1v) is 8.80. The second-order valence-corrected chi connectivity index (χ2v) is 7.43. The van der Waals surface area contributed by atoms with Crippen LogP contribution >= 0.6 is 0 Å². The molecule has 2 heteroatoms. The molecule has 2 aliphatic rings. The molecule has 0 spiro atoms. The van der Waals surface area contributed by atoms with E-state index in [-0.39, 0.29) is 6.04 Å². The van der Waals surface area contributed by atoms with Gasteiger partial charge in [0.2, 0.25) is 0 Å². The van der Waals surface area contributed by atoms with Gasteiger partial charge in [0.15, 0.2) is 0 Å². The maximum Gasteiger partial charge on any atom is 0.0535 e. The van der Waals surface area contributed by atoms with E-state index in [1.165, 1.54) is 48.8 Å². The van der Waals surface area contributed by atoms with Crippen molar-refractivity contribution in [3.05, 3.63) is 46.5 Å². The van der Waals surface area contributed by atoms with Gasteiger partial charge in [0.25, 0.3) is 0 Å². The summed E-state index contributed by atoms with van der Waals surface area (Å²) < 4.78 is 0. The van der Waals surface area contributed by atoms with E-state index < -0.39 is 0 Å². The van der Waals surface area contributed by atoms with Crippen molar-refractivity contribution in [1.82, 2.24) is 4.90 Å². The van der Waals surface area contributed by atoms with Gasteiger partial charge in [-0.2, -0.15) is 0 Å². The van der Waals surface area contributed by atoms with Gasteiger partial charge in [0, 0.05) is 12.6 Å². The van der Waals surface area contributed by atoms with Gasteiger partial charge in [0.05, 0.1) is 6.04 Å². The average Bonchev–Trinajstić information content (AvgIpc) is 3.11. The zero-order valence-corrected chi connectivity index (χ0v) is 14.3. The van der Waals surface area contributed by atoms with E-state index in [2.05, 4.69) is 50.1 Å². The molecule has 0 aromatic heterocycles. The predicted molar refractivity (Wildman–Crippen MR) is 93.9 cm³/mol. The van der Waals surface area contributed by atoms with Crippen molar-refractivity contribution in [1.29, 1.82) is 0 Å². The molecule has 0 bridgehead atoms. The summed E-state index contributed by atoms with van der Waals surface area (Å²) in [5, 5.41) is 0. The van der Waals surface area contributed by atoms with Crippen LogP contribution in [0.1, 0.15) is 55.3 Å². The van der Waals surface area contributed by atoms with E-state index in [0.29, 0.717) is 6.04 Å². The van der Waals surface area contributed by atoms with Crippen LogP contribution in [0.5, 0.6) is 0 Å². The van der Waals surface area contributed by atoms with Crippen LogP contribution in [0.4, 0.5) is 0 Å². The van der Waals surface area contributed by atoms with Gasteiger partial charge in [-0.3, -0.25) is 4.90 Å². The van der Waals surface area contributed by atoms with Crippen molar-refractivity contribution in [2.45, 2.75) is 58.0 Å². The summed E-state index contributed by atoms with van der Waals surface area (Å²) in [6, 6.07) is 7.62. The highest BCUT2D eigenvalue weighted by molar-refractivity contribution is 5.37. The second kappa shape index (κ2) is 6.55. The van der Waals surface area contributed by atoms with Gasteiger partial charge in [-0.05, 0) is 55.5 Å². The summed E-state index contributed by atoms with van der Waals surface area (Å²) in [4.78, 5) is 2.41. The fraction of sp³-hybridized carbons (Fsp3) is 0.600. The van der Waals surface area contributed by atoms with E-state index in [0.717, 1.165) is 12.5 Å². The molecule has 2 unspecified atom stereocenters. The Morgan fingerprint density at radius 3 is 2.64 bits per heavy atom. The fourth-order valence-corrected chi connectivity index (χ4v) is 4.04. The molecule has 0 amide bonds. The van der Waals surface area contributed by atoms with Crippen LogP contribution in [0.2, 0.25) is 0 Å². The molecule has 2 N–H and O–H groups in total. The number of likely N-dealkylation sites (N-methyl/N-ethyl adjacent to an activating group) is 1. The molecular formula is C20H30N2. The van der Waals surface area contributed by atoms with E-state index >= 15 is 0 Å². The van der Waals surface area contributed by atoms with E-state index in [4.69, 9.17) is 5.73 Å². The first kappa shape index (κ1) is 15.8. The molecule has 1 aliphatic carbocycles. The largest absolute Gasteiger partial charge is 0.324 e. The summed E-state index contributed by atoms with van der Waals surface area (Å²) in [6.45, 7) is 5.34. The summed E-state index contributed by atoms with van der Waals surface area (Å²) in [5.74, 6) is 0.908. The Morgan fingerprint density at radius 2 is 2.00 bits per heavy atom. The number of hydrogen-bond acceptors (Lipinski definition) is 2. The number of hydrogen-bond donors (Lipinski definition) is 1. The topological polar surface area (TPSA) is 29.3 Å². The third kappa shape index (κ3) is 3.28. The number of aryl methyl sites for hydroxylation is 1. The lowest BCUT2D eigenvalue weighted by molar-refractivity contribution is 0.334. The van der Waals surface area contributed by atoms with Gasteiger partial charge in [0.1, 0.15) is 0 Å². The van der Waals surface area contributed by atoms with Crippen molar-refractivity contribution in [2.24, 2.45) is 11.7 Å². The van der Waals surface area contributed by atoms with Crippen molar-refractivity contribution in [3.8, 4) is 0 Å². The van der Waals surface area contributed by atoms with Gasteiger partial charge < -0.3 is 5.73 Å². The maximum atomic E-state index is 6.07. The van der Waals surface area contributed by atoms with Crippen LogP contribution in [-0.2, 0) is 6.42 Å². The van der Waals surface area contributed by atoms with Crippen LogP contribution < -0.4 is 5.73 Å². The fourth-order valence-electron chi connectivity index (χ4n) is 4.04. The molecular weight excluding hydrogens is 268 g/mol. The predicted octanol–water partition coefficient (Wildman–Crippen LogP) is 3.99. The summed E-state index contributed by atoms with van der Waals surface area (Å²) >= 11 is 0. The molecule has 1 saturated carbocycles. The number of nitrogens with two attached hydrogens (primary N) is 1. The number of benzene rings is 1. The van der Waals surface area contributed by atoms with Gasteiger partial charge in [-0.1, -0.05) is 50.0 Å². The molecule has 1 aromatic carbocycles. The van der Waals surface area contributed by atoms with Crippen molar-refractivity contribution in [3.63, 3.8) is 0 Å². The monoisotopic (exact) mass is 298 g/mol. The third-order valence-electron chi connectivity index (χ3n) is 5.56. The Morgan fingerprint density at radius 1 is 1.27 bits per heavy atom. The first-order chi connectivity index (χ1) is 10.5. The molecule has 0 saturated heterocycles. The highest BCUT2D eigenvalue weighted by Crippen LogP contribution is 2.33. The molecule has 1 fully saturated rings. The second-order valence-electron chi connectivity index (χ2n) is 7.43. The Kier molecular flexibility index (Phi) is 4.70. The van der Waals surface area contributed by atoms with Crippen LogP contribution in [0.3, 0.4) is 0 Å². The Hall–Kier alpha value is -1.12. The number of nitrogens with zero attached hydrogens (tertiary/aromatic N) is 1. The van der Waals surface area contributed by atoms with Crippen molar-refractivity contribution >= 4 is 0 Å². The molecule has 120 valence electrons. The zero-order chi connectivity index (χ0) is 15.7. The molecule has 2 nitrogen and oxygen atoms in total. The van der Waals surface area contributed by atoms with Crippen molar-refractivity contribution in [2.75, 3.05) is 13.6 Å². The highest BCUT2D eigenvalue weighted by atomic mass is 15.1. The molecule has 1 aliphatic heterocycles.